The summed E-state index contributed by atoms with van der Waals surface area (Å²) >= 11 is 7.20. The van der Waals surface area contributed by atoms with Crippen molar-refractivity contribution in [3.05, 3.63) is 45.3 Å². The van der Waals surface area contributed by atoms with Crippen LogP contribution in [-0.4, -0.2) is 69.3 Å². The van der Waals surface area contributed by atoms with Gasteiger partial charge in [-0.3, -0.25) is 9.69 Å². The minimum Gasteiger partial charge on any atom is -0.465 e. The van der Waals surface area contributed by atoms with E-state index in [1.807, 2.05) is 18.7 Å². The molecule has 1 aromatic heterocycles. The highest BCUT2D eigenvalue weighted by molar-refractivity contribution is 7.89. The Morgan fingerprint density at radius 1 is 1.16 bits per heavy atom. The number of sulfonamides is 1. The summed E-state index contributed by atoms with van der Waals surface area (Å²) in [7, 11) is -2.29. The molecule has 0 radical (unpaired) electrons. The van der Waals surface area contributed by atoms with Crippen LogP contribution in [-0.2, 0) is 26.0 Å². The van der Waals surface area contributed by atoms with E-state index in [4.69, 9.17) is 16.3 Å². The molecule has 0 aliphatic carbocycles. The third-order valence-electron chi connectivity index (χ3n) is 5.35. The molecule has 1 amide bonds. The van der Waals surface area contributed by atoms with Gasteiger partial charge in [0, 0.05) is 36.1 Å². The maximum atomic E-state index is 12.8. The van der Waals surface area contributed by atoms with Crippen molar-refractivity contribution in [3.63, 3.8) is 0 Å². The van der Waals surface area contributed by atoms with E-state index in [0.29, 0.717) is 35.1 Å². The van der Waals surface area contributed by atoms with Crippen LogP contribution in [0.5, 0.6) is 0 Å². The number of halogens is 1. The van der Waals surface area contributed by atoms with Crippen LogP contribution in [0.2, 0.25) is 5.02 Å². The number of rotatable bonds is 7. The fraction of sp³-hybridized carbons (Fsp3) is 0.429. The number of nitrogens with one attached hydrogen (secondary N) is 1. The highest BCUT2D eigenvalue weighted by atomic mass is 35.5. The summed E-state index contributed by atoms with van der Waals surface area (Å²) in [6.07, 6.45) is 0.659. The van der Waals surface area contributed by atoms with Crippen LogP contribution >= 0.6 is 22.9 Å². The molecule has 3 rings (SSSR count). The van der Waals surface area contributed by atoms with E-state index in [0.717, 1.165) is 10.4 Å². The zero-order valence-corrected chi connectivity index (χ0v) is 20.6. The van der Waals surface area contributed by atoms with Gasteiger partial charge >= 0.3 is 5.97 Å². The topological polar surface area (TPSA) is 96.0 Å². The number of anilines is 1. The fourth-order valence-electron chi connectivity index (χ4n) is 3.66. The number of methoxy groups -OCH3 is 1. The van der Waals surface area contributed by atoms with E-state index >= 15 is 0 Å². The molecule has 1 fully saturated rings. The number of hydrogen-bond donors (Lipinski definition) is 1. The van der Waals surface area contributed by atoms with Gasteiger partial charge in [0.2, 0.25) is 15.9 Å². The lowest BCUT2D eigenvalue weighted by molar-refractivity contribution is -0.117. The van der Waals surface area contributed by atoms with Gasteiger partial charge in [0.05, 0.1) is 24.1 Å². The van der Waals surface area contributed by atoms with E-state index in [1.54, 1.807) is 12.1 Å². The number of thiophene rings is 1. The molecule has 8 nitrogen and oxygen atoms in total. The first kappa shape index (κ1) is 24.7. The standard InChI is InChI=1S/C21H26ClN3O5S2/c1-4-17-14(2)31-20(19(17)21(27)30-3)23-18(26)13-24-9-11-25(12-10-24)32(28,29)16-7-5-15(22)6-8-16/h5-8H,4,9-13H2,1-3H3,(H,23,26). The minimum atomic E-state index is -3.60. The van der Waals surface area contributed by atoms with Crippen LogP contribution in [0, 0.1) is 6.92 Å². The largest absolute Gasteiger partial charge is 0.465 e. The van der Waals surface area contributed by atoms with Crippen molar-refractivity contribution in [1.29, 1.82) is 0 Å². The molecule has 2 aromatic rings. The normalized spacial score (nSPS) is 15.5. The number of ether oxygens (including phenoxy) is 1. The van der Waals surface area contributed by atoms with Crippen molar-refractivity contribution in [2.24, 2.45) is 0 Å². The third-order valence-corrected chi connectivity index (χ3v) is 8.58. The molecular weight excluding hydrogens is 474 g/mol. The van der Waals surface area contributed by atoms with Gasteiger partial charge in [-0.05, 0) is 43.2 Å². The first-order chi connectivity index (χ1) is 15.2. The average Bonchev–Trinajstić information content (AvgIpc) is 3.08. The summed E-state index contributed by atoms with van der Waals surface area (Å²) in [4.78, 5) is 27.9. The first-order valence-corrected chi connectivity index (χ1v) is 12.8. The Bertz CT molecular complexity index is 1090. The van der Waals surface area contributed by atoms with E-state index in [1.165, 1.54) is 34.9 Å². The van der Waals surface area contributed by atoms with Gasteiger partial charge in [0.15, 0.2) is 0 Å². The van der Waals surface area contributed by atoms with Gasteiger partial charge in [-0.1, -0.05) is 18.5 Å². The van der Waals surface area contributed by atoms with Crippen molar-refractivity contribution in [2.45, 2.75) is 25.2 Å². The maximum Gasteiger partial charge on any atom is 0.341 e. The summed E-state index contributed by atoms with van der Waals surface area (Å²) in [5.41, 5.74) is 1.28. The van der Waals surface area contributed by atoms with Gasteiger partial charge in [-0.25, -0.2) is 13.2 Å². The van der Waals surface area contributed by atoms with Crippen molar-refractivity contribution in [2.75, 3.05) is 45.2 Å². The van der Waals surface area contributed by atoms with Gasteiger partial charge in [0.1, 0.15) is 5.00 Å². The van der Waals surface area contributed by atoms with E-state index in [9.17, 15) is 18.0 Å². The highest BCUT2D eigenvalue weighted by Gasteiger charge is 2.29. The van der Waals surface area contributed by atoms with Crippen LogP contribution in [0.15, 0.2) is 29.2 Å². The molecular formula is C21H26ClN3O5S2. The SMILES string of the molecule is CCc1c(C)sc(NC(=O)CN2CCN(S(=O)(=O)c3ccc(Cl)cc3)CC2)c1C(=O)OC. The molecule has 1 saturated heterocycles. The van der Waals surface area contributed by atoms with Gasteiger partial charge in [0.25, 0.3) is 0 Å². The number of nitrogens with zero attached hydrogens (tertiary/aromatic N) is 2. The second kappa shape index (κ2) is 10.3. The molecule has 2 heterocycles. The molecule has 1 aliphatic heterocycles. The number of amides is 1. The summed E-state index contributed by atoms with van der Waals surface area (Å²) < 4.78 is 31.9. The van der Waals surface area contributed by atoms with E-state index in [-0.39, 0.29) is 30.4 Å². The highest BCUT2D eigenvalue weighted by Crippen LogP contribution is 2.34. The fourth-order valence-corrected chi connectivity index (χ4v) is 6.36. The molecule has 0 unspecified atom stereocenters. The van der Waals surface area contributed by atoms with Crippen molar-refractivity contribution in [3.8, 4) is 0 Å². The summed E-state index contributed by atoms with van der Waals surface area (Å²) in [6, 6.07) is 6.08. The molecule has 174 valence electrons. The zero-order chi connectivity index (χ0) is 23.5. The second-order valence-corrected chi connectivity index (χ2v) is 11.0. The molecule has 32 heavy (non-hydrogen) atoms. The van der Waals surface area contributed by atoms with Gasteiger partial charge in [-0.2, -0.15) is 4.31 Å². The van der Waals surface area contributed by atoms with E-state index in [2.05, 4.69) is 5.32 Å². The Morgan fingerprint density at radius 2 is 1.78 bits per heavy atom. The quantitative estimate of drug-likeness (QED) is 0.588. The number of benzene rings is 1. The second-order valence-electron chi connectivity index (χ2n) is 7.37. The average molecular weight is 500 g/mol. The molecule has 1 N–H and O–H groups in total. The van der Waals surface area contributed by atoms with Crippen LogP contribution in [0.3, 0.4) is 0 Å². The summed E-state index contributed by atoms with van der Waals surface area (Å²) in [5.74, 6) is -0.726. The number of carbonyl (C=O) groups is 2. The third kappa shape index (κ3) is 5.32. The summed E-state index contributed by atoms with van der Waals surface area (Å²) in [6.45, 7) is 5.37. The Balaban J connectivity index is 1.61. The monoisotopic (exact) mass is 499 g/mol. The van der Waals surface area contributed by atoms with E-state index < -0.39 is 16.0 Å². The van der Waals surface area contributed by atoms with Crippen molar-refractivity contribution in [1.82, 2.24) is 9.21 Å². The number of hydrogen-bond acceptors (Lipinski definition) is 7. The van der Waals surface area contributed by atoms with Crippen LogP contribution in [0.4, 0.5) is 5.00 Å². The molecule has 0 spiro atoms. The lowest BCUT2D eigenvalue weighted by Crippen LogP contribution is -2.50. The Kier molecular flexibility index (Phi) is 7.94. The molecule has 1 aromatic carbocycles. The minimum absolute atomic E-state index is 0.105. The van der Waals surface area contributed by atoms with Crippen LogP contribution in [0.1, 0.15) is 27.7 Å². The summed E-state index contributed by atoms with van der Waals surface area (Å²) in [5, 5.41) is 3.79. The zero-order valence-electron chi connectivity index (χ0n) is 18.2. The number of carbonyl (C=O) groups excluding carboxylic acids is 2. The maximum absolute atomic E-state index is 12.8. The van der Waals surface area contributed by atoms with Crippen molar-refractivity contribution < 1.29 is 22.7 Å². The van der Waals surface area contributed by atoms with Gasteiger partial charge in [-0.15, -0.1) is 11.3 Å². The number of esters is 1. The molecule has 0 atom stereocenters. The van der Waals surface area contributed by atoms with Crippen LogP contribution in [0.25, 0.3) is 0 Å². The Morgan fingerprint density at radius 3 is 2.34 bits per heavy atom. The van der Waals surface area contributed by atoms with Crippen molar-refractivity contribution >= 4 is 49.8 Å². The van der Waals surface area contributed by atoms with Gasteiger partial charge < -0.3 is 10.1 Å². The lowest BCUT2D eigenvalue weighted by Gasteiger charge is -2.33. The Labute approximate surface area is 197 Å². The lowest BCUT2D eigenvalue weighted by atomic mass is 10.1. The van der Waals surface area contributed by atoms with Crippen LogP contribution < -0.4 is 5.32 Å². The molecule has 0 bridgehead atoms. The molecule has 11 heteroatoms. The smallest absolute Gasteiger partial charge is 0.341 e. The molecule has 0 saturated carbocycles. The first-order valence-electron chi connectivity index (χ1n) is 10.2. The molecule has 1 aliphatic rings. The number of piperazine rings is 1. The number of aryl methyl sites for hydroxylation is 1. The predicted octanol–water partition coefficient (Wildman–Crippen LogP) is 3.00. The predicted molar refractivity (Wildman–Crippen MR) is 125 cm³/mol. The Hall–Kier alpha value is -1.98.